The van der Waals surface area contributed by atoms with Gasteiger partial charge >= 0.3 is 12.0 Å². The zero-order valence-electron chi connectivity index (χ0n) is 17.5. The van der Waals surface area contributed by atoms with Gasteiger partial charge in [-0.2, -0.15) is 4.98 Å². The van der Waals surface area contributed by atoms with Crippen LogP contribution in [0.2, 0.25) is 0 Å². The van der Waals surface area contributed by atoms with Crippen molar-refractivity contribution < 1.29 is 19.2 Å². The van der Waals surface area contributed by atoms with Gasteiger partial charge in [0.2, 0.25) is 5.89 Å². The largest absolute Gasteiger partial charge is 0.480 e. The van der Waals surface area contributed by atoms with E-state index in [1.807, 2.05) is 13.8 Å². The molecule has 0 aliphatic carbocycles. The number of carbonyl (C=O) groups is 2. The normalized spacial score (nSPS) is 19.2. The maximum atomic E-state index is 12.7. The lowest BCUT2D eigenvalue weighted by atomic mass is 10.00. The second-order valence-electron chi connectivity index (χ2n) is 7.54. The molecule has 0 aromatic carbocycles. The first kappa shape index (κ1) is 23.4. The van der Waals surface area contributed by atoms with E-state index >= 15 is 0 Å². The molecule has 1 aromatic rings. The fourth-order valence-electron chi connectivity index (χ4n) is 3.29. The molecule has 1 fully saturated rings. The maximum absolute atomic E-state index is 12.7. The standard InChI is InChI=1S/C18H32N8O4/c1-3-10(2)13(19)14-24-15(30-25-14)11(6-4-8-22-17(20)21)23-18(29)26-9-5-7-12(26)16(27)28/h10-13H,3-9,19H2,1-2H3,(H,23,29)(H,27,28)(H4,20,21,22)/t10?,11-,12+,13?/m0/s1. The molecule has 8 N–H and O–H groups in total. The SMILES string of the molecule is CCC(C)C(N)c1noc([C@H](CCCN=C(N)N)NC(=O)N2CCC[C@@H]2C(=O)O)n1. The van der Waals surface area contributed by atoms with Crippen molar-refractivity contribution in [2.24, 2.45) is 28.1 Å². The average Bonchev–Trinajstić information content (AvgIpc) is 3.38. The predicted octanol–water partition coefficient (Wildman–Crippen LogP) is 0.469. The molecule has 2 heterocycles. The van der Waals surface area contributed by atoms with Crippen LogP contribution in [0.25, 0.3) is 0 Å². The minimum absolute atomic E-state index is 0.0171. The van der Waals surface area contributed by atoms with Crippen LogP contribution >= 0.6 is 0 Å². The van der Waals surface area contributed by atoms with Crippen molar-refractivity contribution in [3.8, 4) is 0 Å². The van der Waals surface area contributed by atoms with Crippen LogP contribution in [-0.4, -0.2) is 57.2 Å². The summed E-state index contributed by atoms with van der Waals surface area (Å²) in [6, 6.07) is -2.34. The molecule has 0 spiro atoms. The molecular weight excluding hydrogens is 392 g/mol. The van der Waals surface area contributed by atoms with E-state index in [9.17, 15) is 14.7 Å². The maximum Gasteiger partial charge on any atom is 0.326 e. The number of rotatable bonds is 10. The fourth-order valence-corrected chi connectivity index (χ4v) is 3.29. The number of aromatic nitrogens is 2. The van der Waals surface area contributed by atoms with Crippen LogP contribution in [0, 0.1) is 5.92 Å². The molecule has 2 unspecified atom stereocenters. The summed E-state index contributed by atoms with van der Waals surface area (Å²) in [6.07, 6.45) is 2.88. The topological polar surface area (TPSA) is 199 Å². The number of likely N-dealkylation sites (tertiary alicyclic amines) is 1. The Bertz CT molecular complexity index is 748. The van der Waals surface area contributed by atoms with E-state index in [4.69, 9.17) is 21.7 Å². The number of guanidine groups is 1. The Balaban J connectivity index is 2.14. The van der Waals surface area contributed by atoms with Crippen LogP contribution in [-0.2, 0) is 4.79 Å². The van der Waals surface area contributed by atoms with E-state index in [0.717, 1.165) is 6.42 Å². The first-order chi connectivity index (χ1) is 14.2. The van der Waals surface area contributed by atoms with Gasteiger partial charge in [0.25, 0.3) is 0 Å². The Hall–Kier alpha value is -2.89. The summed E-state index contributed by atoms with van der Waals surface area (Å²) in [5.74, 6) is -0.297. The molecule has 0 radical (unpaired) electrons. The molecule has 1 aliphatic rings. The monoisotopic (exact) mass is 424 g/mol. The van der Waals surface area contributed by atoms with Crippen LogP contribution in [0.4, 0.5) is 4.79 Å². The number of nitrogens with two attached hydrogens (primary N) is 3. The van der Waals surface area contributed by atoms with Crippen LogP contribution in [0.3, 0.4) is 0 Å². The molecule has 1 saturated heterocycles. The first-order valence-electron chi connectivity index (χ1n) is 10.2. The minimum Gasteiger partial charge on any atom is -0.480 e. The van der Waals surface area contributed by atoms with Gasteiger partial charge in [0.15, 0.2) is 11.8 Å². The Labute approximate surface area is 175 Å². The van der Waals surface area contributed by atoms with Gasteiger partial charge in [-0.3, -0.25) is 4.99 Å². The second kappa shape index (κ2) is 10.8. The van der Waals surface area contributed by atoms with Gasteiger partial charge in [-0.15, -0.1) is 0 Å². The van der Waals surface area contributed by atoms with Crippen molar-refractivity contribution in [2.75, 3.05) is 13.1 Å². The lowest BCUT2D eigenvalue weighted by Crippen LogP contribution is -2.47. The van der Waals surface area contributed by atoms with Crippen molar-refractivity contribution in [2.45, 2.75) is 64.1 Å². The van der Waals surface area contributed by atoms with Crippen molar-refractivity contribution in [1.82, 2.24) is 20.4 Å². The van der Waals surface area contributed by atoms with E-state index in [2.05, 4.69) is 20.4 Å². The highest BCUT2D eigenvalue weighted by molar-refractivity contribution is 5.83. The minimum atomic E-state index is -1.02. The quantitative estimate of drug-likeness (QED) is 0.201. The summed E-state index contributed by atoms with van der Waals surface area (Å²) >= 11 is 0. The highest BCUT2D eigenvalue weighted by Crippen LogP contribution is 2.24. The van der Waals surface area contributed by atoms with Crippen LogP contribution in [0.5, 0.6) is 0 Å². The molecule has 2 amide bonds. The molecule has 0 saturated carbocycles. The zero-order valence-corrected chi connectivity index (χ0v) is 17.5. The second-order valence-corrected chi connectivity index (χ2v) is 7.54. The van der Waals surface area contributed by atoms with Crippen LogP contribution in [0.1, 0.15) is 69.8 Å². The van der Waals surface area contributed by atoms with Crippen molar-refractivity contribution in [1.29, 1.82) is 0 Å². The summed E-state index contributed by atoms with van der Waals surface area (Å²) in [7, 11) is 0. The molecule has 12 heteroatoms. The molecular formula is C18H32N8O4. The number of urea groups is 1. The van der Waals surface area contributed by atoms with Crippen molar-refractivity contribution >= 4 is 18.0 Å². The van der Waals surface area contributed by atoms with E-state index in [1.165, 1.54) is 4.90 Å². The molecule has 4 atom stereocenters. The predicted molar refractivity (Wildman–Crippen MR) is 109 cm³/mol. The average molecular weight is 425 g/mol. The molecule has 1 aliphatic heterocycles. The number of carboxylic acid groups (broad SMARTS) is 1. The first-order valence-corrected chi connectivity index (χ1v) is 10.2. The summed E-state index contributed by atoms with van der Waals surface area (Å²) in [6.45, 7) is 4.75. The highest BCUT2D eigenvalue weighted by atomic mass is 16.5. The fraction of sp³-hybridized carbons (Fsp3) is 0.722. The lowest BCUT2D eigenvalue weighted by Gasteiger charge is -2.24. The van der Waals surface area contributed by atoms with Crippen LogP contribution in [0.15, 0.2) is 9.52 Å². The Kier molecular flexibility index (Phi) is 8.39. The van der Waals surface area contributed by atoms with E-state index in [0.29, 0.717) is 44.6 Å². The smallest absolute Gasteiger partial charge is 0.326 e. The number of hydrogen-bond acceptors (Lipinski definition) is 7. The molecule has 0 bridgehead atoms. The number of aliphatic imine (C=N–C) groups is 1. The van der Waals surface area contributed by atoms with E-state index < -0.39 is 24.1 Å². The van der Waals surface area contributed by atoms with E-state index in [-0.39, 0.29) is 23.8 Å². The third kappa shape index (κ3) is 6.05. The molecule has 2 rings (SSSR count). The molecule has 168 valence electrons. The van der Waals surface area contributed by atoms with E-state index in [1.54, 1.807) is 0 Å². The molecule has 1 aromatic heterocycles. The third-order valence-corrected chi connectivity index (χ3v) is 5.35. The van der Waals surface area contributed by atoms with Crippen LogP contribution < -0.4 is 22.5 Å². The Morgan fingerprint density at radius 2 is 2.17 bits per heavy atom. The zero-order chi connectivity index (χ0) is 22.3. The number of hydrogen-bond donors (Lipinski definition) is 5. The van der Waals surface area contributed by atoms with Crippen molar-refractivity contribution in [3.63, 3.8) is 0 Å². The number of carboxylic acids is 1. The summed E-state index contributed by atoms with van der Waals surface area (Å²) in [5, 5.41) is 16.1. The summed E-state index contributed by atoms with van der Waals surface area (Å²) in [5.41, 5.74) is 16.9. The molecule has 30 heavy (non-hydrogen) atoms. The number of amides is 2. The van der Waals surface area contributed by atoms with Gasteiger partial charge in [-0.25, -0.2) is 9.59 Å². The highest BCUT2D eigenvalue weighted by Gasteiger charge is 2.35. The Morgan fingerprint density at radius 1 is 1.43 bits per heavy atom. The number of nitrogens with zero attached hydrogens (tertiary/aromatic N) is 4. The molecule has 12 nitrogen and oxygen atoms in total. The van der Waals surface area contributed by atoms with Gasteiger partial charge in [-0.1, -0.05) is 25.4 Å². The van der Waals surface area contributed by atoms with Gasteiger partial charge < -0.3 is 37.0 Å². The number of aliphatic carboxylic acids is 1. The van der Waals surface area contributed by atoms with Gasteiger partial charge in [0.1, 0.15) is 12.1 Å². The number of nitrogens with one attached hydrogen (secondary N) is 1. The van der Waals surface area contributed by atoms with Crippen molar-refractivity contribution in [3.05, 3.63) is 11.7 Å². The number of carbonyl (C=O) groups excluding carboxylic acids is 1. The van der Waals surface area contributed by atoms with Gasteiger partial charge in [0.05, 0.1) is 6.04 Å². The summed E-state index contributed by atoms with van der Waals surface area (Å²) < 4.78 is 5.38. The third-order valence-electron chi connectivity index (χ3n) is 5.35. The lowest BCUT2D eigenvalue weighted by molar-refractivity contribution is -0.141. The van der Waals surface area contributed by atoms with Gasteiger partial charge in [0, 0.05) is 13.1 Å². The van der Waals surface area contributed by atoms with Gasteiger partial charge in [-0.05, 0) is 31.6 Å². The summed E-state index contributed by atoms with van der Waals surface area (Å²) in [4.78, 5) is 33.8. The Morgan fingerprint density at radius 3 is 2.80 bits per heavy atom.